The minimum absolute atomic E-state index is 0.00930. The van der Waals surface area contributed by atoms with E-state index in [1.165, 1.54) is 7.11 Å². The summed E-state index contributed by atoms with van der Waals surface area (Å²) in [4.78, 5) is 12.0. The summed E-state index contributed by atoms with van der Waals surface area (Å²) in [5.74, 6) is -0.176. The van der Waals surface area contributed by atoms with Crippen molar-refractivity contribution >= 4 is 23.4 Å². The number of methoxy groups -OCH3 is 1. The third-order valence-corrected chi connectivity index (χ3v) is 5.01. The molecule has 1 aromatic carbocycles. The third kappa shape index (κ3) is 2.48. The molecular formula is C14H19NO2S. The lowest BCUT2D eigenvalue weighted by atomic mass is 10.1. The van der Waals surface area contributed by atoms with E-state index in [9.17, 15) is 4.79 Å². The van der Waals surface area contributed by atoms with Crippen LogP contribution in [0.25, 0.3) is 0 Å². The van der Waals surface area contributed by atoms with E-state index in [-0.39, 0.29) is 16.8 Å². The van der Waals surface area contributed by atoms with E-state index in [0.717, 1.165) is 24.1 Å². The highest BCUT2D eigenvalue weighted by Crippen LogP contribution is 2.51. The fourth-order valence-corrected chi connectivity index (χ4v) is 3.05. The van der Waals surface area contributed by atoms with Crippen molar-refractivity contribution in [1.82, 2.24) is 0 Å². The number of para-hydroxylation sites is 1. The smallest absolute Gasteiger partial charge is 0.329 e. The summed E-state index contributed by atoms with van der Waals surface area (Å²) >= 11 is 1.75. The Labute approximate surface area is 112 Å². The fraction of sp³-hybridized carbons (Fsp3) is 0.500. The van der Waals surface area contributed by atoms with Gasteiger partial charge in [0.1, 0.15) is 6.04 Å². The molecule has 1 aromatic rings. The lowest BCUT2D eigenvalue weighted by Gasteiger charge is -2.25. The maximum absolute atomic E-state index is 12.0. The molecule has 0 amide bonds. The van der Waals surface area contributed by atoms with Gasteiger partial charge in [0.05, 0.1) is 7.11 Å². The molecule has 0 radical (unpaired) electrons. The largest absolute Gasteiger partial charge is 0.467 e. The normalized spacial score (nSPS) is 17.9. The Balaban J connectivity index is 2.21. The van der Waals surface area contributed by atoms with Crippen LogP contribution >= 0.6 is 11.8 Å². The van der Waals surface area contributed by atoms with Gasteiger partial charge in [-0.3, -0.25) is 0 Å². The molecule has 1 unspecified atom stereocenters. The molecule has 0 aromatic heterocycles. The van der Waals surface area contributed by atoms with Crippen LogP contribution in [0.2, 0.25) is 0 Å². The van der Waals surface area contributed by atoms with Crippen LogP contribution in [0.1, 0.15) is 18.4 Å². The number of esters is 1. The second kappa shape index (κ2) is 5.22. The highest BCUT2D eigenvalue weighted by molar-refractivity contribution is 8.00. The second-order valence-corrected chi connectivity index (χ2v) is 5.91. The molecule has 18 heavy (non-hydrogen) atoms. The van der Waals surface area contributed by atoms with Crippen LogP contribution in [0.5, 0.6) is 0 Å². The first-order valence-electron chi connectivity index (χ1n) is 6.08. The summed E-state index contributed by atoms with van der Waals surface area (Å²) < 4.78 is 4.95. The topological polar surface area (TPSA) is 38.3 Å². The Morgan fingerprint density at radius 1 is 1.44 bits per heavy atom. The molecule has 0 aliphatic heterocycles. The van der Waals surface area contributed by atoms with Crippen molar-refractivity contribution in [2.75, 3.05) is 18.7 Å². The average Bonchev–Trinajstić information content (AvgIpc) is 3.18. The first kappa shape index (κ1) is 13.3. The molecule has 0 heterocycles. The molecule has 2 rings (SSSR count). The molecular weight excluding hydrogens is 246 g/mol. The van der Waals surface area contributed by atoms with Gasteiger partial charge in [-0.2, -0.15) is 11.8 Å². The van der Waals surface area contributed by atoms with Crippen LogP contribution in [-0.2, 0) is 9.53 Å². The number of aryl methyl sites for hydroxylation is 1. The highest BCUT2D eigenvalue weighted by atomic mass is 32.2. The van der Waals surface area contributed by atoms with E-state index < -0.39 is 0 Å². The monoisotopic (exact) mass is 265 g/mol. The number of hydrogen-bond acceptors (Lipinski definition) is 4. The summed E-state index contributed by atoms with van der Waals surface area (Å²) in [5, 5.41) is 3.36. The minimum atomic E-state index is -0.265. The number of thioether (sulfide) groups is 1. The number of ether oxygens (including phenoxy) is 1. The molecule has 0 spiro atoms. The van der Waals surface area contributed by atoms with Gasteiger partial charge in [-0.15, -0.1) is 0 Å². The zero-order valence-electron chi connectivity index (χ0n) is 11.0. The highest BCUT2D eigenvalue weighted by Gasteiger charge is 2.53. The van der Waals surface area contributed by atoms with E-state index in [4.69, 9.17) is 4.74 Å². The van der Waals surface area contributed by atoms with Gasteiger partial charge in [0.2, 0.25) is 0 Å². The van der Waals surface area contributed by atoms with Gasteiger partial charge in [0.25, 0.3) is 0 Å². The van der Waals surface area contributed by atoms with Crippen LogP contribution in [-0.4, -0.2) is 30.1 Å². The van der Waals surface area contributed by atoms with Crippen LogP contribution in [0.3, 0.4) is 0 Å². The number of benzene rings is 1. The zero-order valence-corrected chi connectivity index (χ0v) is 11.8. The quantitative estimate of drug-likeness (QED) is 0.831. The number of nitrogens with one attached hydrogen (secondary N) is 1. The van der Waals surface area contributed by atoms with Gasteiger partial charge < -0.3 is 10.1 Å². The zero-order chi connectivity index (χ0) is 13.2. The van der Waals surface area contributed by atoms with Crippen molar-refractivity contribution in [3.05, 3.63) is 29.8 Å². The summed E-state index contributed by atoms with van der Waals surface area (Å²) in [6.45, 7) is 2.04. The number of carbonyl (C=O) groups is 1. The molecule has 3 nitrogen and oxygen atoms in total. The maximum atomic E-state index is 12.0. The Morgan fingerprint density at radius 2 is 2.11 bits per heavy atom. The second-order valence-electron chi connectivity index (χ2n) is 4.68. The molecule has 1 saturated carbocycles. The van der Waals surface area contributed by atoms with Gasteiger partial charge in [-0.1, -0.05) is 18.2 Å². The Bertz CT molecular complexity index is 443. The van der Waals surface area contributed by atoms with Crippen LogP contribution in [0, 0.1) is 6.92 Å². The summed E-state index contributed by atoms with van der Waals surface area (Å²) in [7, 11) is 1.45. The molecule has 1 aliphatic carbocycles. The molecule has 98 valence electrons. The summed E-state index contributed by atoms with van der Waals surface area (Å²) in [6.07, 6.45) is 4.18. The molecule has 0 bridgehead atoms. The van der Waals surface area contributed by atoms with Gasteiger partial charge in [-0.05, 0) is 37.7 Å². The van der Waals surface area contributed by atoms with Crippen molar-refractivity contribution in [3.63, 3.8) is 0 Å². The predicted molar refractivity (Wildman–Crippen MR) is 76.1 cm³/mol. The van der Waals surface area contributed by atoms with Crippen molar-refractivity contribution < 1.29 is 9.53 Å². The third-order valence-electron chi connectivity index (χ3n) is 3.56. The van der Waals surface area contributed by atoms with Gasteiger partial charge in [0, 0.05) is 10.4 Å². The minimum Gasteiger partial charge on any atom is -0.467 e. The van der Waals surface area contributed by atoms with Crippen LogP contribution in [0.4, 0.5) is 5.69 Å². The van der Waals surface area contributed by atoms with E-state index in [1.807, 2.05) is 31.2 Å². The molecule has 1 N–H and O–H groups in total. The lowest BCUT2D eigenvalue weighted by Crippen LogP contribution is -2.41. The van der Waals surface area contributed by atoms with E-state index in [1.54, 1.807) is 11.8 Å². The average molecular weight is 265 g/mol. The standard InChI is InChI=1S/C14H19NO2S/c1-10-6-4-5-7-11(10)15-12(13(16)17-2)14(18-3)8-9-14/h4-7,12,15H,8-9H2,1-3H3. The summed E-state index contributed by atoms with van der Waals surface area (Å²) in [5.41, 5.74) is 2.15. The van der Waals surface area contributed by atoms with Crippen molar-refractivity contribution in [1.29, 1.82) is 0 Å². The predicted octanol–water partition coefficient (Wildman–Crippen LogP) is 2.84. The van der Waals surface area contributed by atoms with Gasteiger partial charge in [-0.25, -0.2) is 4.79 Å². The van der Waals surface area contributed by atoms with Crippen molar-refractivity contribution in [3.8, 4) is 0 Å². The van der Waals surface area contributed by atoms with E-state index in [0.29, 0.717) is 0 Å². The molecule has 0 saturated heterocycles. The van der Waals surface area contributed by atoms with E-state index >= 15 is 0 Å². The fourth-order valence-electron chi connectivity index (χ4n) is 2.15. The first-order chi connectivity index (χ1) is 8.63. The van der Waals surface area contributed by atoms with Crippen molar-refractivity contribution in [2.24, 2.45) is 0 Å². The number of carbonyl (C=O) groups excluding carboxylic acids is 1. The number of anilines is 1. The Morgan fingerprint density at radius 3 is 2.61 bits per heavy atom. The molecule has 4 heteroatoms. The van der Waals surface area contributed by atoms with Crippen LogP contribution < -0.4 is 5.32 Å². The first-order valence-corrected chi connectivity index (χ1v) is 7.30. The molecule has 1 fully saturated rings. The summed E-state index contributed by atoms with van der Waals surface area (Å²) in [6, 6.07) is 7.74. The SMILES string of the molecule is COC(=O)C(Nc1ccccc1C)C1(SC)CC1. The Kier molecular flexibility index (Phi) is 3.85. The van der Waals surface area contributed by atoms with Crippen LogP contribution in [0.15, 0.2) is 24.3 Å². The van der Waals surface area contributed by atoms with Crippen molar-refractivity contribution in [2.45, 2.75) is 30.6 Å². The number of hydrogen-bond donors (Lipinski definition) is 1. The van der Waals surface area contributed by atoms with Gasteiger partial charge in [0.15, 0.2) is 0 Å². The van der Waals surface area contributed by atoms with Gasteiger partial charge >= 0.3 is 5.97 Å². The number of rotatable bonds is 5. The molecule has 1 aliphatic rings. The lowest BCUT2D eigenvalue weighted by molar-refractivity contribution is -0.141. The maximum Gasteiger partial charge on any atom is 0.329 e. The molecule has 1 atom stereocenters. The van der Waals surface area contributed by atoms with E-state index in [2.05, 4.69) is 11.6 Å². The Hall–Kier alpha value is -1.16.